The maximum atomic E-state index is 12.3. The number of likely N-dealkylation sites (N-methyl/N-ethyl adjacent to an activating group) is 1. The number of carboxylic acids is 1. The van der Waals surface area contributed by atoms with E-state index in [1.165, 1.54) is 4.90 Å². The highest BCUT2D eigenvalue weighted by atomic mass is 35.5. The largest absolute Gasteiger partial charge is 0.478 e. The molecule has 5 nitrogen and oxygen atoms in total. The number of pyridine rings is 1. The molecule has 0 fully saturated rings. The molecule has 7 heteroatoms. The van der Waals surface area contributed by atoms with Gasteiger partial charge in [0.2, 0.25) is 5.91 Å². The molecule has 0 aliphatic heterocycles. The number of hydrogen-bond acceptors (Lipinski definition) is 4. The number of thiophene rings is 1. The van der Waals surface area contributed by atoms with Crippen LogP contribution in [-0.4, -0.2) is 29.0 Å². The Balaban J connectivity index is 2.28. The lowest BCUT2D eigenvalue weighted by Gasteiger charge is -2.16. The van der Waals surface area contributed by atoms with Crippen LogP contribution in [0.5, 0.6) is 0 Å². The fourth-order valence-corrected chi connectivity index (χ4v) is 3.17. The molecule has 0 aliphatic rings. The van der Waals surface area contributed by atoms with E-state index in [1.54, 1.807) is 38.4 Å². The van der Waals surface area contributed by atoms with Crippen LogP contribution in [0.15, 0.2) is 24.4 Å². The monoisotopic (exact) mass is 324 g/mol. The van der Waals surface area contributed by atoms with Crippen molar-refractivity contribution in [3.05, 3.63) is 45.6 Å². The molecule has 0 saturated carbocycles. The molecule has 110 valence electrons. The standard InChI is InChI=1S/C14H13ClN2O3S/c1-8-11(14(19)20)13(21-12(8)15)17(2)10(18)7-9-5-3-4-6-16-9/h3-6H,7H2,1-2H3,(H,19,20). The van der Waals surface area contributed by atoms with E-state index in [0.29, 0.717) is 20.6 Å². The topological polar surface area (TPSA) is 70.5 Å². The molecular formula is C14H13ClN2O3S. The quantitative estimate of drug-likeness (QED) is 0.938. The van der Waals surface area contributed by atoms with Crippen molar-refractivity contribution in [1.29, 1.82) is 0 Å². The minimum Gasteiger partial charge on any atom is -0.478 e. The van der Waals surface area contributed by atoms with E-state index >= 15 is 0 Å². The summed E-state index contributed by atoms with van der Waals surface area (Å²) in [6.45, 7) is 1.63. The fourth-order valence-electron chi connectivity index (χ4n) is 1.85. The van der Waals surface area contributed by atoms with Crippen LogP contribution in [0.1, 0.15) is 21.6 Å². The summed E-state index contributed by atoms with van der Waals surface area (Å²) in [4.78, 5) is 29.0. The lowest BCUT2D eigenvalue weighted by molar-refractivity contribution is -0.117. The number of anilines is 1. The number of amides is 1. The van der Waals surface area contributed by atoms with Gasteiger partial charge in [-0.25, -0.2) is 4.79 Å². The highest BCUT2D eigenvalue weighted by Crippen LogP contribution is 2.38. The summed E-state index contributed by atoms with van der Waals surface area (Å²) in [7, 11) is 1.54. The van der Waals surface area contributed by atoms with Crippen molar-refractivity contribution >= 4 is 39.8 Å². The van der Waals surface area contributed by atoms with E-state index in [1.807, 2.05) is 0 Å². The Morgan fingerprint density at radius 3 is 2.71 bits per heavy atom. The van der Waals surface area contributed by atoms with Gasteiger partial charge < -0.3 is 10.0 Å². The molecular weight excluding hydrogens is 312 g/mol. The summed E-state index contributed by atoms with van der Waals surface area (Å²) in [6.07, 6.45) is 1.71. The van der Waals surface area contributed by atoms with Crippen molar-refractivity contribution in [1.82, 2.24) is 4.98 Å². The van der Waals surface area contributed by atoms with Crippen LogP contribution in [-0.2, 0) is 11.2 Å². The average molecular weight is 325 g/mol. The Labute approximate surface area is 130 Å². The number of aromatic nitrogens is 1. The Morgan fingerprint density at radius 2 is 2.14 bits per heavy atom. The molecule has 0 radical (unpaired) electrons. The van der Waals surface area contributed by atoms with Gasteiger partial charge in [0.25, 0.3) is 0 Å². The molecule has 1 N–H and O–H groups in total. The highest BCUT2D eigenvalue weighted by molar-refractivity contribution is 7.20. The summed E-state index contributed by atoms with van der Waals surface area (Å²) < 4.78 is 0.375. The molecule has 0 bridgehead atoms. The van der Waals surface area contributed by atoms with Crippen LogP contribution >= 0.6 is 22.9 Å². The zero-order valence-electron chi connectivity index (χ0n) is 11.5. The van der Waals surface area contributed by atoms with Gasteiger partial charge in [0.15, 0.2) is 0 Å². The van der Waals surface area contributed by atoms with E-state index in [-0.39, 0.29) is 17.9 Å². The fraction of sp³-hybridized carbons (Fsp3) is 0.214. The van der Waals surface area contributed by atoms with Crippen LogP contribution in [0, 0.1) is 6.92 Å². The maximum absolute atomic E-state index is 12.3. The number of nitrogens with zero attached hydrogens (tertiary/aromatic N) is 2. The third-order valence-electron chi connectivity index (χ3n) is 3.02. The molecule has 0 saturated heterocycles. The Morgan fingerprint density at radius 1 is 1.43 bits per heavy atom. The number of carbonyl (C=O) groups excluding carboxylic acids is 1. The second kappa shape index (κ2) is 6.24. The minimum absolute atomic E-state index is 0.0712. The van der Waals surface area contributed by atoms with Gasteiger partial charge in [0, 0.05) is 18.9 Å². The van der Waals surface area contributed by atoms with Crippen molar-refractivity contribution < 1.29 is 14.7 Å². The smallest absolute Gasteiger partial charge is 0.339 e. The summed E-state index contributed by atoms with van der Waals surface area (Å²) in [5.74, 6) is -1.34. The molecule has 2 rings (SSSR count). The number of rotatable bonds is 4. The Hall–Kier alpha value is -1.92. The predicted octanol–water partition coefficient (Wildman–Crippen LogP) is 3.01. The number of halogens is 1. The average Bonchev–Trinajstić information content (AvgIpc) is 2.75. The van der Waals surface area contributed by atoms with Crippen molar-refractivity contribution in [2.45, 2.75) is 13.3 Å². The van der Waals surface area contributed by atoms with Gasteiger partial charge in [-0.2, -0.15) is 0 Å². The molecule has 0 atom stereocenters. The van der Waals surface area contributed by atoms with Crippen molar-refractivity contribution in [2.24, 2.45) is 0 Å². The first-order chi connectivity index (χ1) is 9.91. The number of carbonyl (C=O) groups is 2. The van der Waals surface area contributed by atoms with Gasteiger partial charge in [0.05, 0.1) is 16.3 Å². The van der Waals surface area contributed by atoms with Gasteiger partial charge >= 0.3 is 5.97 Å². The Bertz CT molecular complexity index is 685. The molecule has 2 aromatic heterocycles. The second-order valence-electron chi connectivity index (χ2n) is 4.44. The van der Waals surface area contributed by atoms with E-state index in [4.69, 9.17) is 11.6 Å². The van der Waals surface area contributed by atoms with Gasteiger partial charge in [-0.15, -0.1) is 11.3 Å². The first-order valence-corrected chi connectivity index (χ1v) is 7.30. The highest BCUT2D eigenvalue weighted by Gasteiger charge is 2.25. The normalized spacial score (nSPS) is 10.4. The third-order valence-corrected chi connectivity index (χ3v) is 4.69. The summed E-state index contributed by atoms with van der Waals surface area (Å²) >= 11 is 7.08. The van der Waals surface area contributed by atoms with E-state index in [0.717, 1.165) is 11.3 Å². The summed E-state index contributed by atoms with van der Waals surface area (Å²) in [6, 6.07) is 5.31. The van der Waals surface area contributed by atoms with Crippen LogP contribution in [0.3, 0.4) is 0 Å². The lowest BCUT2D eigenvalue weighted by Crippen LogP contribution is -2.28. The minimum atomic E-state index is -1.09. The van der Waals surface area contributed by atoms with Gasteiger partial charge in [-0.3, -0.25) is 9.78 Å². The summed E-state index contributed by atoms with van der Waals surface area (Å²) in [5, 5.41) is 9.62. The third kappa shape index (κ3) is 3.22. The zero-order valence-corrected chi connectivity index (χ0v) is 13.0. The molecule has 1 amide bonds. The molecule has 2 aromatic rings. The molecule has 0 aromatic carbocycles. The van der Waals surface area contributed by atoms with E-state index in [2.05, 4.69) is 4.98 Å². The summed E-state index contributed by atoms with van der Waals surface area (Å²) in [5.41, 5.74) is 1.18. The van der Waals surface area contributed by atoms with Crippen molar-refractivity contribution in [2.75, 3.05) is 11.9 Å². The molecule has 0 spiro atoms. The second-order valence-corrected chi connectivity index (χ2v) is 6.04. The van der Waals surface area contributed by atoms with Crippen LogP contribution in [0.4, 0.5) is 5.00 Å². The van der Waals surface area contributed by atoms with Crippen LogP contribution in [0.2, 0.25) is 4.34 Å². The maximum Gasteiger partial charge on any atom is 0.339 e. The first-order valence-electron chi connectivity index (χ1n) is 6.10. The van der Waals surface area contributed by atoms with Gasteiger partial charge in [0.1, 0.15) is 5.00 Å². The number of carboxylic acid groups (broad SMARTS) is 1. The SMILES string of the molecule is Cc1c(Cl)sc(N(C)C(=O)Cc2ccccn2)c1C(=O)O. The number of aromatic carboxylic acids is 1. The zero-order chi connectivity index (χ0) is 15.6. The predicted molar refractivity (Wildman–Crippen MR) is 82.4 cm³/mol. The number of hydrogen-bond donors (Lipinski definition) is 1. The van der Waals surface area contributed by atoms with Crippen molar-refractivity contribution in [3.63, 3.8) is 0 Å². The van der Waals surface area contributed by atoms with Gasteiger partial charge in [-0.05, 0) is 24.6 Å². The van der Waals surface area contributed by atoms with Crippen LogP contribution in [0.25, 0.3) is 0 Å². The van der Waals surface area contributed by atoms with E-state index in [9.17, 15) is 14.7 Å². The molecule has 0 aliphatic carbocycles. The molecule has 2 heterocycles. The molecule has 0 unspecified atom stereocenters. The van der Waals surface area contributed by atoms with Gasteiger partial charge in [-0.1, -0.05) is 17.7 Å². The van der Waals surface area contributed by atoms with E-state index < -0.39 is 5.97 Å². The Kier molecular flexibility index (Phi) is 4.59. The van der Waals surface area contributed by atoms with Crippen LogP contribution < -0.4 is 4.90 Å². The lowest BCUT2D eigenvalue weighted by atomic mass is 10.2. The van der Waals surface area contributed by atoms with Crippen molar-refractivity contribution in [3.8, 4) is 0 Å². The first kappa shape index (κ1) is 15.5. The molecule has 21 heavy (non-hydrogen) atoms.